The molecule has 1 aromatic heterocycles. The molecule has 8 heteroatoms. The van der Waals surface area contributed by atoms with Crippen LogP contribution in [-0.2, 0) is 29.0 Å². The molecule has 0 radical (unpaired) electrons. The molecular weight excluding hydrogens is 554 g/mol. The van der Waals surface area contributed by atoms with Gasteiger partial charge in [-0.1, -0.05) is 0 Å². The van der Waals surface area contributed by atoms with Crippen LogP contribution >= 0.6 is 59.4 Å². The first-order chi connectivity index (χ1) is 14.4. The molecule has 0 unspecified atom stereocenters. The molecule has 0 spiro atoms. The fraction of sp³-hybridized carbons (Fsp3) is 0.320. The molecule has 1 heterocycles. The van der Waals surface area contributed by atoms with Crippen molar-refractivity contribution in [1.82, 2.24) is 0 Å². The van der Waals surface area contributed by atoms with Crippen LogP contribution in [0.1, 0.15) is 57.5 Å². The van der Waals surface area contributed by atoms with Gasteiger partial charge in [0.15, 0.2) is 0 Å². The summed E-state index contributed by atoms with van der Waals surface area (Å²) in [4.78, 5) is 1.15. The van der Waals surface area contributed by atoms with Gasteiger partial charge in [-0.2, -0.15) is 0 Å². The minimum Gasteiger partial charge on any atom is -0.147 e. The standard InChI is InChI=1S/2C10H13ClO.C5H4S.2ClH.Ti/c2*1-10(2,3)8-6-7(11)4-5-9(8)12;1-5-3-2-4-6-5;;;/h2*4-6,12H,1-3H3;1-4H;2*1H;/q;;;;;+2/p-2. The van der Waals surface area contributed by atoms with Gasteiger partial charge >= 0.3 is 208 Å². The summed E-state index contributed by atoms with van der Waals surface area (Å²) < 4.78 is 15.4. The third-order valence-electron chi connectivity index (χ3n) is 4.72. The van der Waals surface area contributed by atoms with Crippen molar-refractivity contribution in [2.45, 2.75) is 52.4 Å². The number of halogens is 4. The Kier molecular flexibility index (Phi) is 11.5. The topological polar surface area (TPSA) is 18.5 Å². The average molecular weight is 584 g/mol. The van der Waals surface area contributed by atoms with Gasteiger partial charge in [0.25, 0.3) is 0 Å². The summed E-state index contributed by atoms with van der Waals surface area (Å²) in [5, 5.41) is 3.47. The summed E-state index contributed by atoms with van der Waals surface area (Å²) in [6, 6.07) is 15.7. The van der Waals surface area contributed by atoms with E-state index >= 15 is 0 Å². The summed E-state index contributed by atoms with van der Waals surface area (Å²) in [7, 11) is 0. The minimum atomic E-state index is -2.65. The Morgan fingerprint density at radius 2 is 1.21 bits per heavy atom. The van der Waals surface area contributed by atoms with Gasteiger partial charge in [-0.25, -0.2) is 0 Å². The largest absolute Gasteiger partial charge is 0.147 e. The summed E-state index contributed by atoms with van der Waals surface area (Å²) in [5.41, 5.74) is 1.92. The molecule has 0 atom stereocenters. The quantitative estimate of drug-likeness (QED) is 0.279. The van der Waals surface area contributed by atoms with Crippen LogP contribution in [0.5, 0.6) is 11.5 Å². The van der Waals surface area contributed by atoms with Crippen molar-refractivity contribution in [2.24, 2.45) is 0 Å². The van der Waals surface area contributed by atoms with Gasteiger partial charge in [0.1, 0.15) is 0 Å². The zero-order valence-electron chi connectivity index (χ0n) is 19.6. The van der Waals surface area contributed by atoms with E-state index in [0.29, 0.717) is 10.0 Å². The van der Waals surface area contributed by atoms with Gasteiger partial charge in [0, 0.05) is 0 Å². The molecule has 0 amide bonds. The van der Waals surface area contributed by atoms with Gasteiger partial charge in [-0.3, -0.25) is 0 Å². The predicted molar refractivity (Wildman–Crippen MR) is 146 cm³/mol. The molecule has 0 saturated heterocycles. The zero-order chi connectivity index (χ0) is 22.8. The number of hydrogen-bond donors (Lipinski definition) is 0. The fourth-order valence-corrected chi connectivity index (χ4v) is 6.73. The van der Waals surface area contributed by atoms with Crippen LogP contribution in [0, 0.1) is 0 Å². The van der Waals surface area contributed by atoms with Gasteiger partial charge < -0.3 is 0 Å². The van der Waals surface area contributed by atoms with Crippen molar-refractivity contribution in [2.75, 3.05) is 0 Å². The van der Waals surface area contributed by atoms with E-state index in [4.69, 9.17) is 29.8 Å². The van der Waals surface area contributed by atoms with E-state index in [1.54, 1.807) is 11.3 Å². The SMILES string of the molecule is CC(C)(C)c1cc(Cl)ccc1[O][Ti](=[CH]c1cccs1)[O]c1ccc(Cl)cc1C(C)(C)C.Cl.Cl. The second-order valence-corrected chi connectivity index (χ2v) is 13.4. The number of benzene rings is 2. The number of thiophene rings is 1. The van der Waals surface area contributed by atoms with Gasteiger partial charge in [0.05, 0.1) is 0 Å². The Morgan fingerprint density at radius 3 is 1.58 bits per heavy atom. The third kappa shape index (κ3) is 8.58. The molecule has 0 aliphatic heterocycles. The smallest absolute Gasteiger partial charge is 0.147 e. The number of hydrogen-bond acceptors (Lipinski definition) is 3. The van der Waals surface area contributed by atoms with E-state index in [9.17, 15) is 0 Å². The first-order valence-corrected chi connectivity index (χ1v) is 14.0. The average Bonchev–Trinajstić information content (AvgIpc) is 3.16. The Hall–Kier alpha value is -0.516. The van der Waals surface area contributed by atoms with Crippen molar-refractivity contribution in [3.63, 3.8) is 0 Å². The van der Waals surface area contributed by atoms with Crippen molar-refractivity contribution in [3.8, 4) is 11.5 Å². The van der Waals surface area contributed by atoms with Crippen LogP contribution in [0.15, 0.2) is 53.9 Å². The van der Waals surface area contributed by atoms with E-state index in [1.165, 1.54) is 0 Å². The molecule has 3 aromatic rings. The predicted octanol–water partition coefficient (Wildman–Crippen LogP) is 9.25. The summed E-state index contributed by atoms with van der Waals surface area (Å²) in [6.07, 6.45) is 0. The maximum Gasteiger partial charge on any atom is -0.147 e. The van der Waals surface area contributed by atoms with E-state index in [1.807, 2.05) is 42.5 Å². The van der Waals surface area contributed by atoms with Gasteiger partial charge in [-0.05, 0) is 0 Å². The molecular formula is C25H30Cl4O2STi. The fourth-order valence-electron chi connectivity index (χ4n) is 3.14. The van der Waals surface area contributed by atoms with Crippen molar-refractivity contribution in [3.05, 3.63) is 80.0 Å². The Labute approximate surface area is 230 Å². The first-order valence-electron chi connectivity index (χ1n) is 10.1. The maximum absolute atomic E-state index is 6.61. The monoisotopic (exact) mass is 582 g/mol. The molecule has 0 saturated carbocycles. The zero-order valence-corrected chi connectivity index (χ0v) is 25.1. The number of rotatable bonds is 5. The molecule has 0 bridgehead atoms. The van der Waals surface area contributed by atoms with E-state index in [0.717, 1.165) is 27.5 Å². The maximum atomic E-state index is 6.61. The molecule has 0 fully saturated rings. The van der Waals surface area contributed by atoms with E-state index in [-0.39, 0.29) is 35.6 Å². The second-order valence-electron chi connectivity index (χ2n) is 9.46. The molecule has 0 aliphatic carbocycles. The van der Waals surface area contributed by atoms with Crippen LogP contribution in [0.3, 0.4) is 0 Å². The van der Waals surface area contributed by atoms with Crippen molar-refractivity contribution >= 4 is 63.7 Å². The van der Waals surface area contributed by atoms with E-state index < -0.39 is 18.2 Å². The van der Waals surface area contributed by atoms with Crippen LogP contribution < -0.4 is 6.64 Å². The van der Waals surface area contributed by atoms with E-state index in [2.05, 4.69) is 57.3 Å². The summed E-state index contributed by atoms with van der Waals surface area (Å²) >= 11 is 11.6. The van der Waals surface area contributed by atoms with Crippen molar-refractivity contribution in [1.29, 1.82) is 0 Å². The molecule has 180 valence electrons. The third-order valence-corrected chi connectivity index (χ3v) is 8.51. The Morgan fingerprint density at radius 1 is 0.758 bits per heavy atom. The molecule has 3 rings (SSSR count). The minimum absolute atomic E-state index is 0. The van der Waals surface area contributed by atoms with Crippen LogP contribution in [0.2, 0.25) is 10.0 Å². The normalized spacial score (nSPS) is 11.2. The second kappa shape index (κ2) is 12.4. The molecule has 0 N–H and O–H groups in total. The van der Waals surface area contributed by atoms with Gasteiger partial charge in [-0.15, -0.1) is 24.8 Å². The Balaban J connectivity index is 0.00000272. The van der Waals surface area contributed by atoms with Crippen LogP contribution in [-0.4, -0.2) is 4.31 Å². The van der Waals surface area contributed by atoms with Crippen LogP contribution in [0.4, 0.5) is 0 Å². The Bertz CT molecular complexity index is 1020. The first kappa shape index (κ1) is 30.5. The summed E-state index contributed by atoms with van der Waals surface area (Å²) in [6.45, 7) is 13.0. The van der Waals surface area contributed by atoms with Crippen LogP contribution in [0.25, 0.3) is 0 Å². The molecule has 33 heavy (non-hydrogen) atoms. The van der Waals surface area contributed by atoms with Gasteiger partial charge in [0.2, 0.25) is 0 Å². The summed E-state index contributed by atoms with van der Waals surface area (Å²) in [5.74, 6) is 1.65. The molecule has 0 aliphatic rings. The molecule has 2 aromatic carbocycles. The molecule has 2 nitrogen and oxygen atoms in total. The van der Waals surface area contributed by atoms with Crippen molar-refractivity contribution < 1.29 is 24.8 Å².